The topological polar surface area (TPSA) is 70.2 Å². The molecule has 0 spiro atoms. The first-order valence-electron chi connectivity index (χ1n) is 6.61. The Kier molecular flexibility index (Phi) is 4.04. The Morgan fingerprint density at radius 1 is 1.37 bits per heavy atom. The number of anilines is 2. The van der Waals surface area contributed by atoms with Crippen molar-refractivity contribution >= 4 is 23.2 Å². The van der Waals surface area contributed by atoms with Gasteiger partial charge in [0.15, 0.2) is 0 Å². The van der Waals surface area contributed by atoms with Crippen molar-refractivity contribution in [2.24, 2.45) is 0 Å². The second-order valence-corrected chi connectivity index (χ2v) is 4.73. The molecule has 0 radical (unpaired) electrons. The Bertz CT molecular complexity index is 499. The van der Waals surface area contributed by atoms with Crippen molar-refractivity contribution in [3.8, 4) is 0 Å². The first kappa shape index (κ1) is 13.4. The molecule has 102 valence electrons. The van der Waals surface area contributed by atoms with Crippen molar-refractivity contribution < 1.29 is 9.59 Å². The quantitative estimate of drug-likeness (QED) is 0.726. The van der Waals surface area contributed by atoms with Crippen LogP contribution in [0.5, 0.6) is 0 Å². The first-order chi connectivity index (χ1) is 9.11. The van der Waals surface area contributed by atoms with Gasteiger partial charge in [-0.25, -0.2) is 0 Å². The van der Waals surface area contributed by atoms with E-state index in [0.29, 0.717) is 17.8 Å². The highest BCUT2D eigenvalue weighted by molar-refractivity contribution is 6.05. The molecular weight excluding hydrogens is 242 g/mol. The first-order valence-corrected chi connectivity index (χ1v) is 6.61. The molecule has 0 unspecified atom stereocenters. The van der Waals surface area contributed by atoms with Crippen molar-refractivity contribution in [1.82, 2.24) is 5.32 Å². The molecule has 19 heavy (non-hydrogen) atoms. The standard InChI is InChI=1S/C14H19N3O2/c1-3-4-7-15-14(19)10-5-6-11-12(8-10)17-13(18)9(2)16-11/h5-6,8-9,16H,3-4,7H2,1-2H3,(H,15,19)(H,17,18)/t9-/m0/s1. The molecule has 0 saturated carbocycles. The van der Waals surface area contributed by atoms with Gasteiger partial charge in [0.25, 0.3) is 5.91 Å². The van der Waals surface area contributed by atoms with Gasteiger partial charge in [0.2, 0.25) is 5.91 Å². The van der Waals surface area contributed by atoms with Crippen molar-refractivity contribution in [1.29, 1.82) is 0 Å². The van der Waals surface area contributed by atoms with Crippen LogP contribution in [0.15, 0.2) is 18.2 Å². The lowest BCUT2D eigenvalue weighted by Gasteiger charge is -2.24. The van der Waals surface area contributed by atoms with Gasteiger partial charge in [-0.15, -0.1) is 0 Å². The number of amides is 2. The largest absolute Gasteiger partial charge is 0.372 e. The Labute approximate surface area is 112 Å². The lowest BCUT2D eigenvalue weighted by Crippen LogP contribution is -2.36. The second-order valence-electron chi connectivity index (χ2n) is 4.73. The third-order valence-electron chi connectivity index (χ3n) is 3.12. The molecule has 5 heteroatoms. The van der Waals surface area contributed by atoms with Gasteiger partial charge in [0.1, 0.15) is 6.04 Å². The molecule has 1 aromatic rings. The molecule has 0 aliphatic carbocycles. The summed E-state index contributed by atoms with van der Waals surface area (Å²) in [7, 11) is 0. The molecule has 1 aromatic carbocycles. The average molecular weight is 261 g/mol. The molecule has 3 N–H and O–H groups in total. The summed E-state index contributed by atoms with van der Waals surface area (Å²) in [6, 6.07) is 5.03. The number of carbonyl (C=O) groups excluding carboxylic acids is 2. The number of rotatable bonds is 4. The predicted octanol–water partition coefficient (Wildman–Crippen LogP) is 1.97. The van der Waals surface area contributed by atoms with Crippen LogP contribution in [0.1, 0.15) is 37.0 Å². The molecule has 0 aromatic heterocycles. The van der Waals surface area contributed by atoms with Gasteiger partial charge in [-0.2, -0.15) is 0 Å². The third-order valence-corrected chi connectivity index (χ3v) is 3.12. The summed E-state index contributed by atoms with van der Waals surface area (Å²) >= 11 is 0. The van der Waals surface area contributed by atoms with Crippen LogP contribution in [0.3, 0.4) is 0 Å². The zero-order valence-electron chi connectivity index (χ0n) is 11.2. The van der Waals surface area contributed by atoms with Crippen LogP contribution in [0.2, 0.25) is 0 Å². The fourth-order valence-corrected chi connectivity index (χ4v) is 1.94. The van der Waals surface area contributed by atoms with E-state index >= 15 is 0 Å². The molecule has 0 fully saturated rings. The van der Waals surface area contributed by atoms with Crippen LogP contribution >= 0.6 is 0 Å². The predicted molar refractivity (Wildman–Crippen MR) is 75.4 cm³/mol. The zero-order valence-corrected chi connectivity index (χ0v) is 11.2. The molecule has 1 aliphatic heterocycles. The molecule has 2 rings (SSSR count). The van der Waals surface area contributed by atoms with E-state index in [1.807, 2.05) is 6.07 Å². The molecule has 0 bridgehead atoms. The van der Waals surface area contributed by atoms with E-state index < -0.39 is 0 Å². The van der Waals surface area contributed by atoms with Gasteiger partial charge < -0.3 is 16.0 Å². The smallest absolute Gasteiger partial charge is 0.251 e. The lowest BCUT2D eigenvalue weighted by molar-refractivity contribution is -0.116. The normalized spacial score (nSPS) is 17.2. The lowest BCUT2D eigenvalue weighted by atomic mass is 10.1. The maximum Gasteiger partial charge on any atom is 0.251 e. The van der Waals surface area contributed by atoms with Crippen LogP contribution in [0.25, 0.3) is 0 Å². The summed E-state index contributed by atoms with van der Waals surface area (Å²) in [5.41, 5.74) is 2.06. The SMILES string of the molecule is CCCCNC(=O)c1ccc2c(c1)NC(=O)[C@H](C)N2. The van der Waals surface area contributed by atoms with Crippen LogP contribution < -0.4 is 16.0 Å². The molecule has 1 heterocycles. The van der Waals surface area contributed by atoms with Crippen LogP contribution in [-0.4, -0.2) is 24.4 Å². The summed E-state index contributed by atoms with van der Waals surface area (Å²) in [6.45, 7) is 4.55. The molecular formula is C14H19N3O2. The average Bonchev–Trinajstić information content (AvgIpc) is 2.40. The molecule has 1 atom stereocenters. The highest BCUT2D eigenvalue weighted by Gasteiger charge is 2.21. The van der Waals surface area contributed by atoms with Crippen molar-refractivity contribution in [3.05, 3.63) is 23.8 Å². The van der Waals surface area contributed by atoms with E-state index in [1.165, 1.54) is 0 Å². The Morgan fingerprint density at radius 2 is 2.16 bits per heavy atom. The maximum absolute atomic E-state index is 11.9. The number of carbonyl (C=O) groups is 2. The summed E-state index contributed by atoms with van der Waals surface area (Å²) in [5.74, 6) is -0.194. The van der Waals surface area contributed by atoms with Gasteiger partial charge in [0.05, 0.1) is 11.4 Å². The van der Waals surface area contributed by atoms with Gasteiger partial charge in [-0.1, -0.05) is 13.3 Å². The van der Waals surface area contributed by atoms with Crippen molar-refractivity contribution in [2.75, 3.05) is 17.2 Å². The Hall–Kier alpha value is -2.04. The van der Waals surface area contributed by atoms with E-state index in [-0.39, 0.29) is 17.9 Å². The molecule has 0 saturated heterocycles. The van der Waals surface area contributed by atoms with Crippen LogP contribution in [0, 0.1) is 0 Å². The minimum atomic E-state index is -0.253. The van der Waals surface area contributed by atoms with E-state index in [1.54, 1.807) is 19.1 Å². The minimum Gasteiger partial charge on any atom is -0.372 e. The number of hydrogen-bond acceptors (Lipinski definition) is 3. The van der Waals surface area contributed by atoms with Gasteiger partial charge in [-0.3, -0.25) is 9.59 Å². The summed E-state index contributed by atoms with van der Waals surface area (Å²) < 4.78 is 0. The fraction of sp³-hybridized carbons (Fsp3) is 0.429. The molecule has 5 nitrogen and oxygen atoms in total. The monoisotopic (exact) mass is 261 g/mol. The van der Waals surface area contributed by atoms with E-state index in [9.17, 15) is 9.59 Å². The molecule has 1 aliphatic rings. The Balaban J connectivity index is 2.10. The fourth-order valence-electron chi connectivity index (χ4n) is 1.94. The van der Waals surface area contributed by atoms with Gasteiger partial charge in [-0.05, 0) is 31.5 Å². The Morgan fingerprint density at radius 3 is 2.89 bits per heavy atom. The number of benzene rings is 1. The van der Waals surface area contributed by atoms with Gasteiger partial charge in [0, 0.05) is 12.1 Å². The number of unbranched alkanes of at least 4 members (excludes halogenated alkanes) is 1. The summed E-state index contributed by atoms with van der Waals surface area (Å²) in [5, 5.41) is 8.73. The van der Waals surface area contributed by atoms with Crippen molar-refractivity contribution in [2.45, 2.75) is 32.7 Å². The molecule has 2 amide bonds. The van der Waals surface area contributed by atoms with Crippen LogP contribution in [-0.2, 0) is 4.79 Å². The number of fused-ring (bicyclic) bond motifs is 1. The maximum atomic E-state index is 11.9. The number of nitrogens with one attached hydrogen (secondary N) is 3. The highest BCUT2D eigenvalue weighted by atomic mass is 16.2. The summed E-state index contributed by atoms with van der Waals surface area (Å²) in [4.78, 5) is 23.5. The number of hydrogen-bond donors (Lipinski definition) is 3. The van der Waals surface area contributed by atoms with E-state index in [2.05, 4.69) is 22.9 Å². The highest BCUT2D eigenvalue weighted by Crippen LogP contribution is 2.27. The van der Waals surface area contributed by atoms with Crippen molar-refractivity contribution in [3.63, 3.8) is 0 Å². The van der Waals surface area contributed by atoms with Crippen LogP contribution in [0.4, 0.5) is 11.4 Å². The van der Waals surface area contributed by atoms with E-state index in [4.69, 9.17) is 0 Å². The second kappa shape index (κ2) is 5.73. The zero-order chi connectivity index (χ0) is 13.8. The minimum absolute atomic E-state index is 0.0870. The summed E-state index contributed by atoms with van der Waals surface area (Å²) in [6.07, 6.45) is 2.01. The van der Waals surface area contributed by atoms with Gasteiger partial charge >= 0.3 is 0 Å². The third kappa shape index (κ3) is 3.05. The van der Waals surface area contributed by atoms with E-state index in [0.717, 1.165) is 18.5 Å².